The first-order valence-electron chi connectivity index (χ1n) is 7.50. The number of nitrogens with one attached hydrogen (secondary N) is 1. The molecule has 3 aromatic rings. The molecule has 1 aliphatic rings. The Hall–Kier alpha value is -3.03. The van der Waals surface area contributed by atoms with Crippen LogP contribution in [0.25, 0.3) is 11.0 Å². The fourth-order valence-electron chi connectivity index (χ4n) is 3.05. The molecule has 1 amide bonds. The topological polar surface area (TPSA) is 83.9 Å². The van der Waals surface area contributed by atoms with E-state index in [9.17, 15) is 14.0 Å². The maximum Gasteiger partial charge on any atom is 0.276 e. The van der Waals surface area contributed by atoms with E-state index in [1.807, 2.05) is 0 Å². The molecule has 0 bridgehead atoms. The minimum atomic E-state index is -0.345. The Morgan fingerprint density at radius 2 is 2.08 bits per heavy atom. The molecule has 0 atom stereocenters. The van der Waals surface area contributed by atoms with Gasteiger partial charge in [-0.05, 0) is 11.6 Å². The summed E-state index contributed by atoms with van der Waals surface area (Å²) < 4.78 is 15.2. The zero-order valence-electron chi connectivity index (χ0n) is 12.9. The molecule has 1 aromatic carbocycles. The lowest BCUT2D eigenvalue weighted by atomic mass is 9.91. The normalized spacial score (nSPS) is 14.8. The van der Waals surface area contributed by atoms with Crippen LogP contribution >= 0.6 is 0 Å². The van der Waals surface area contributed by atoms with E-state index in [1.54, 1.807) is 30.1 Å². The Morgan fingerprint density at radius 3 is 2.83 bits per heavy atom. The van der Waals surface area contributed by atoms with Gasteiger partial charge in [-0.15, -0.1) is 0 Å². The van der Waals surface area contributed by atoms with Gasteiger partial charge in [-0.2, -0.15) is 5.10 Å². The number of fused-ring (bicyclic) bond motifs is 1. The van der Waals surface area contributed by atoms with Crippen molar-refractivity contribution >= 4 is 16.9 Å². The molecule has 8 heteroatoms. The van der Waals surface area contributed by atoms with Crippen molar-refractivity contribution < 1.29 is 9.18 Å². The van der Waals surface area contributed by atoms with Gasteiger partial charge in [0, 0.05) is 26.1 Å². The number of aryl methyl sites for hydroxylation is 1. The molecule has 0 radical (unpaired) electrons. The number of rotatable bonds is 2. The van der Waals surface area contributed by atoms with Gasteiger partial charge >= 0.3 is 0 Å². The Labute approximate surface area is 135 Å². The van der Waals surface area contributed by atoms with Crippen molar-refractivity contribution in [2.24, 2.45) is 7.05 Å². The predicted octanol–water partition coefficient (Wildman–Crippen LogP) is 1.04. The van der Waals surface area contributed by atoms with Crippen LogP contribution in [-0.2, 0) is 7.05 Å². The van der Waals surface area contributed by atoms with Gasteiger partial charge in [-0.25, -0.2) is 9.37 Å². The molecule has 2 aromatic heterocycles. The molecular formula is C16H14FN5O2. The fraction of sp³-hybridized carbons (Fsp3) is 0.250. The lowest BCUT2D eigenvalue weighted by molar-refractivity contribution is 0.0593. The van der Waals surface area contributed by atoms with Crippen molar-refractivity contribution in [2.45, 2.75) is 5.92 Å². The molecule has 0 unspecified atom stereocenters. The largest absolute Gasteiger partial charge is 0.336 e. The van der Waals surface area contributed by atoms with Gasteiger partial charge < -0.3 is 9.88 Å². The summed E-state index contributed by atoms with van der Waals surface area (Å²) in [7, 11) is 1.59. The third kappa shape index (κ3) is 2.10. The smallest absolute Gasteiger partial charge is 0.276 e. The summed E-state index contributed by atoms with van der Waals surface area (Å²) in [6.07, 6.45) is 1.25. The summed E-state index contributed by atoms with van der Waals surface area (Å²) in [6, 6.07) is 6.58. The summed E-state index contributed by atoms with van der Waals surface area (Å²) in [6.45, 7) is 0.835. The Morgan fingerprint density at radius 1 is 1.33 bits per heavy atom. The molecule has 24 heavy (non-hydrogen) atoms. The maximum absolute atomic E-state index is 13.8. The number of carbonyl (C=O) groups is 1. The van der Waals surface area contributed by atoms with Crippen LogP contribution in [0.1, 0.15) is 22.0 Å². The van der Waals surface area contributed by atoms with Crippen molar-refractivity contribution in [1.29, 1.82) is 0 Å². The molecule has 122 valence electrons. The van der Waals surface area contributed by atoms with Crippen molar-refractivity contribution in [1.82, 2.24) is 24.6 Å². The van der Waals surface area contributed by atoms with Gasteiger partial charge in [0.05, 0.1) is 6.33 Å². The molecular weight excluding hydrogens is 313 g/mol. The predicted molar refractivity (Wildman–Crippen MR) is 84.2 cm³/mol. The lowest BCUT2D eigenvalue weighted by Crippen LogP contribution is -2.48. The molecule has 0 aliphatic carbocycles. The number of carbonyl (C=O) groups excluding carboxylic acids is 1. The Bertz CT molecular complexity index is 1000. The maximum atomic E-state index is 13.8. The van der Waals surface area contributed by atoms with Crippen LogP contribution < -0.4 is 5.56 Å². The third-order valence-corrected chi connectivity index (χ3v) is 4.34. The van der Waals surface area contributed by atoms with Gasteiger partial charge in [0.2, 0.25) is 0 Å². The van der Waals surface area contributed by atoms with E-state index in [0.717, 1.165) is 0 Å². The van der Waals surface area contributed by atoms with Crippen LogP contribution in [0.15, 0.2) is 35.4 Å². The Kier molecular flexibility index (Phi) is 3.19. The quantitative estimate of drug-likeness (QED) is 0.762. The second-order valence-electron chi connectivity index (χ2n) is 5.83. The van der Waals surface area contributed by atoms with Crippen LogP contribution in [0.3, 0.4) is 0 Å². The summed E-state index contributed by atoms with van der Waals surface area (Å²) in [5, 5.41) is 4.14. The second-order valence-corrected chi connectivity index (χ2v) is 5.83. The first-order valence-corrected chi connectivity index (χ1v) is 7.50. The molecule has 7 nitrogen and oxygen atoms in total. The standard InChI is InChI=1S/C16H14FN5O2/c1-21-14-12(18-8-19-15(14)23)13(20-21)16(24)22-6-9(7-22)10-4-2-3-5-11(10)17/h2-5,8-9H,6-7H2,1H3,(H,18,19,23). The van der Waals surface area contributed by atoms with Gasteiger partial charge in [0.15, 0.2) is 11.2 Å². The highest BCUT2D eigenvalue weighted by molar-refractivity contribution is 6.03. The van der Waals surface area contributed by atoms with Crippen molar-refractivity contribution in [3.8, 4) is 0 Å². The van der Waals surface area contributed by atoms with E-state index in [-0.39, 0.29) is 39.9 Å². The minimum Gasteiger partial charge on any atom is -0.336 e. The highest BCUT2D eigenvalue weighted by atomic mass is 19.1. The number of H-pyrrole nitrogens is 1. The number of likely N-dealkylation sites (tertiary alicyclic amines) is 1. The minimum absolute atomic E-state index is 0.0264. The molecule has 1 N–H and O–H groups in total. The van der Waals surface area contributed by atoms with E-state index in [1.165, 1.54) is 17.1 Å². The van der Waals surface area contributed by atoms with Crippen LogP contribution in [0.4, 0.5) is 4.39 Å². The fourth-order valence-corrected chi connectivity index (χ4v) is 3.05. The van der Waals surface area contributed by atoms with E-state index in [0.29, 0.717) is 18.7 Å². The number of hydrogen-bond donors (Lipinski definition) is 1. The molecule has 1 fully saturated rings. The SMILES string of the molecule is Cn1nc(C(=O)N2CC(c3ccccc3F)C2)c2nc[nH]c(=O)c21. The highest BCUT2D eigenvalue weighted by Crippen LogP contribution is 2.30. The van der Waals surface area contributed by atoms with Gasteiger partial charge in [-0.3, -0.25) is 14.3 Å². The number of aromatic nitrogens is 4. The zero-order valence-corrected chi connectivity index (χ0v) is 12.9. The van der Waals surface area contributed by atoms with Crippen molar-refractivity contribution in [2.75, 3.05) is 13.1 Å². The van der Waals surface area contributed by atoms with E-state index in [2.05, 4.69) is 15.1 Å². The number of halogens is 1. The van der Waals surface area contributed by atoms with Crippen LogP contribution in [0.2, 0.25) is 0 Å². The summed E-state index contributed by atoms with van der Waals surface area (Å²) in [4.78, 5) is 32.6. The first kappa shape index (κ1) is 14.6. The van der Waals surface area contributed by atoms with E-state index in [4.69, 9.17) is 0 Å². The molecule has 0 spiro atoms. The lowest BCUT2D eigenvalue weighted by Gasteiger charge is -2.39. The number of nitrogens with zero attached hydrogens (tertiary/aromatic N) is 4. The average Bonchev–Trinajstić information content (AvgIpc) is 2.86. The van der Waals surface area contributed by atoms with Crippen LogP contribution in [0.5, 0.6) is 0 Å². The third-order valence-electron chi connectivity index (χ3n) is 4.34. The van der Waals surface area contributed by atoms with Crippen LogP contribution in [0, 0.1) is 5.82 Å². The number of aromatic amines is 1. The zero-order chi connectivity index (χ0) is 16.8. The summed E-state index contributed by atoms with van der Waals surface area (Å²) >= 11 is 0. The number of amides is 1. The van der Waals surface area contributed by atoms with Crippen LogP contribution in [-0.4, -0.2) is 43.6 Å². The van der Waals surface area contributed by atoms with Gasteiger partial charge in [-0.1, -0.05) is 18.2 Å². The average molecular weight is 327 g/mol. The first-order chi connectivity index (χ1) is 11.6. The van der Waals surface area contributed by atoms with E-state index >= 15 is 0 Å². The number of benzene rings is 1. The summed E-state index contributed by atoms with van der Waals surface area (Å²) in [5.41, 5.74) is 0.946. The van der Waals surface area contributed by atoms with Gasteiger partial charge in [0.1, 0.15) is 11.3 Å². The second kappa shape index (κ2) is 5.26. The van der Waals surface area contributed by atoms with Crippen molar-refractivity contribution in [3.63, 3.8) is 0 Å². The van der Waals surface area contributed by atoms with E-state index < -0.39 is 0 Å². The van der Waals surface area contributed by atoms with Crippen molar-refractivity contribution in [3.05, 3.63) is 58.0 Å². The highest BCUT2D eigenvalue weighted by Gasteiger charge is 2.35. The molecule has 1 saturated heterocycles. The summed E-state index contributed by atoms with van der Waals surface area (Å²) in [5.74, 6) is -0.584. The monoisotopic (exact) mass is 327 g/mol. The van der Waals surface area contributed by atoms with Gasteiger partial charge in [0.25, 0.3) is 11.5 Å². The molecule has 1 aliphatic heterocycles. The molecule has 0 saturated carbocycles. The molecule has 4 rings (SSSR count). The Balaban J connectivity index is 1.60. The molecule has 3 heterocycles. The number of hydrogen-bond acceptors (Lipinski definition) is 4.